The zero-order valence-corrected chi connectivity index (χ0v) is 11.9. The van der Waals surface area contributed by atoms with E-state index >= 15 is 0 Å². The molecule has 1 N–H and O–H groups in total. The van der Waals surface area contributed by atoms with Crippen LogP contribution in [0.5, 0.6) is 5.75 Å². The lowest BCUT2D eigenvalue weighted by Crippen LogP contribution is -2.18. The summed E-state index contributed by atoms with van der Waals surface area (Å²) in [4.78, 5) is 2.12. The molecule has 0 unspecified atom stereocenters. The van der Waals surface area contributed by atoms with E-state index in [4.69, 9.17) is 0 Å². The Morgan fingerprint density at radius 1 is 1.21 bits per heavy atom. The van der Waals surface area contributed by atoms with Crippen molar-refractivity contribution in [3.8, 4) is 5.75 Å². The highest BCUT2D eigenvalue weighted by Gasteiger charge is 2.14. The van der Waals surface area contributed by atoms with Crippen molar-refractivity contribution in [3.05, 3.63) is 29.3 Å². The molecule has 0 saturated heterocycles. The molecular weight excluding hydrogens is 248 g/mol. The van der Waals surface area contributed by atoms with Crippen LogP contribution in [0.25, 0.3) is 0 Å². The van der Waals surface area contributed by atoms with E-state index in [-0.39, 0.29) is 0 Å². The molecule has 0 aromatic heterocycles. The number of aromatic hydroxyl groups is 1. The highest BCUT2D eigenvalue weighted by molar-refractivity contribution is 5.30. The number of hydrogen-bond donors (Lipinski definition) is 1. The van der Waals surface area contributed by atoms with E-state index in [1.807, 2.05) is 14.1 Å². The molecule has 0 heterocycles. The van der Waals surface area contributed by atoms with Crippen LogP contribution in [0.15, 0.2) is 12.1 Å². The van der Waals surface area contributed by atoms with E-state index in [1.165, 1.54) is 12.1 Å². The molecule has 1 rings (SSSR count). The van der Waals surface area contributed by atoms with Gasteiger partial charge in [-0.2, -0.15) is 4.39 Å². The second-order valence-corrected chi connectivity index (χ2v) is 5.36. The van der Waals surface area contributed by atoms with Crippen molar-refractivity contribution < 1.29 is 13.9 Å². The maximum atomic E-state index is 13.2. The van der Waals surface area contributed by atoms with Gasteiger partial charge < -0.3 is 10.0 Å². The Labute approximate surface area is 114 Å². The highest BCUT2D eigenvalue weighted by atomic mass is 19.2. The lowest BCUT2D eigenvalue weighted by molar-refractivity contribution is 0.335. The highest BCUT2D eigenvalue weighted by Crippen LogP contribution is 2.24. The number of hydrogen-bond acceptors (Lipinski definition) is 2. The smallest absolute Gasteiger partial charge is 0.200 e. The van der Waals surface area contributed by atoms with Crippen molar-refractivity contribution in [2.24, 2.45) is 5.92 Å². The average Bonchev–Trinajstić information content (AvgIpc) is 2.33. The molecule has 0 aliphatic rings. The van der Waals surface area contributed by atoms with E-state index in [2.05, 4.69) is 11.8 Å². The van der Waals surface area contributed by atoms with Gasteiger partial charge in [0.1, 0.15) is 0 Å². The van der Waals surface area contributed by atoms with Crippen LogP contribution in [0.3, 0.4) is 0 Å². The van der Waals surface area contributed by atoms with Crippen LogP contribution >= 0.6 is 0 Å². The molecule has 0 spiro atoms. The molecule has 0 aliphatic carbocycles. The first kappa shape index (κ1) is 15.9. The second-order valence-electron chi connectivity index (χ2n) is 5.36. The number of phenolic OH excluding ortho intramolecular Hbond substituents is 1. The van der Waals surface area contributed by atoms with Crippen LogP contribution in [0.1, 0.15) is 31.7 Å². The SMILES string of the molecule is CCC[C@H](CCN(C)C)Cc1cc(O)c(F)c(F)c1. The van der Waals surface area contributed by atoms with Crippen molar-refractivity contribution in [2.45, 2.75) is 32.6 Å². The van der Waals surface area contributed by atoms with E-state index in [0.717, 1.165) is 25.8 Å². The molecule has 108 valence electrons. The van der Waals surface area contributed by atoms with E-state index in [0.29, 0.717) is 17.9 Å². The molecule has 4 heteroatoms. The summed E-state index contributed by atoms with van der Waals surface area (Å²) in [5.74, 6) is -2.31. The van der Waals surface area contributed by atoms with Gasteiger partial charge in [-0.15, -0.1) is 0 Å². The fraction of sp³-hybridized carbons (Fsp3) is 0.600. The van der Waals surface area contributed by atoms with Crippen LogP contribution in [0, 0.1) is 17.6 Å². The fourth-order valence-electron chi connectivity index (χ4n) is 2.28. The Morgan fingerprint density at radius 2 is 1.89 bits per heavy atom. The fourth-order valence-corrected chi connectivity index (χ4v) is 2.28. The third-order valence-corrected chi connectivity index (χ3v) is 3.27. The molecule has 0 bridgehead atoms. The van der Waals surface area contributed by atoms with Crippen molar-refractivity contribution in [3.63, 3.8) is 0 Å². The number of rotatable bonds is 7. The van der Waals surface area contributed by atoms with E-state index in [1.54, 1.807) is 0 Å². The molecule has 0 saturated carbocycles. The minimum atomic E-state index is -1.16. The van der Waals surface area contributed by atoms with Crippen LogP contribution in [0.4, 0.5) is 8.78 Å². The summed E-state index contributed by atoms with van der Waals surface area (Å²) in [7, 11) is 4.04. The number of phenols is 1. The first-order valence-corrected chi connectivity index (χ1v) is 6.75. The third-order valence-electron chi connectivity index (χ3n) is 3.27. The van der Waals surface area contributed by atoms with E-state index in [9.17, 15) is 13.9 Å². The third kappa shape index (κ3) is 5.15. The zero-order chi connectivity index (χ0) is 14.4. The maximum absolute atomic E-state index is 13.2. The summed E-state index contributed by atoms with van der Waals surface area (Å²) in [6, 6.07) is 2.52. The van der Waals surface area contributed by atoms with Gasteiger partial charge in [0.2, 0.25) is 0 Å². The second kappa shape index (κ2) is 7.43. The van der Waals surface area contributed by atoms with Gasteiger partial charge in [-0.05, 0) is 57.1 Å². The molecular formula is C15H23F2NO. The Morgan fingerprint density at radius 3 is 2.42 bits per heavy atom. The number of nitrogens with zero attached hydrogens (tertiary/aromatic N) is 1. The standard InChI is InChI=1S/C15H23F2NO/c1-4-5-11(6-7-18(2)3)8-12-9-13(16)15(17)14(19)10-12/h9-11,19H,4-8H2,1-3H3/t11-/m1/s1. The van der Waals surface area contributed by atoms with Gasteiger partial charge in [0.15, 0.2) is 17.4 Å². The molecule has 0 aliphatic heterocycles. The maximum Gasteiger partial charge on any atom is 0.200 e. The van der Waals surface area contributed by atoms with Crippen LogP contribution in [-0.4, -0.2) is 30.6 Å². The molecule has 1 aromatic rings. The van der Waals surface area contributed by atoms with Crippen LogP contribution in [-0.2, 0) is 6.42 Å². The molecule has 1 aromatic carbocycles. The van der Waals surface area contributed by atoms with Crippen molar-refractivity contribution in [1.29, 1.82) is 0 Å². The van der Waals surface area contributed by atoms with Gasteiger partial charge in [0, 0.05) is 0 Å². The molecule has 1 atom stereocenters. The van der Waals surface area contributed by atoms with Crippen molar-refractivity contribution in [1.82, 2.24) is 4.90 Å². The predicted molar refractivity (Wildman–Crippen MR) is 73.3 cm³/mol. The molecule has 2 nitrogen and oxygen atoms in total. The minimum Gasteiger partial charge on any atom is -0.505 e. The normalized spacial score (nSPS) is 12.9. The summed E-state index contributed by atoms with van der Waals surface area (Å²) in [6.07, 6.45) is 3.80. The zero-order valence-electron chi connectivity index (χ0n) is 11.9. The first-order valence-electron chi connectivity index (χ1n) is 6.75. The minimum absolute atomic E-state index is 0.427. The summed E-state index contributed by atoms with van der Waals surface area (Å²) < 4.78 is 26.3. The first-order chi connectivity index (χ1) is 8.93. The van der Waals surface area contributed by atoms with Gasteiger partial charge in [0.05, 0.1) is 0 Å². The lowest BCUT2D eigenvalue weighted by Gasteiger charge is -2.19. The Hall–Kier alpha value is -1.16. The van der Waals surface area contributed by atoms with Gasteiger partial charge in [-0.3, -0.25) is 0 Å². The predicted octanol–water partition coefficient (Wildman–Crippen LogP) is 3.58. The largest absolute Gasteiger partial charge is 0.505 e. The number of benzene rings is 1. The molecule has 0 fully saturated rings. The molecule has 19 heavy (non-hydrogen) atoms. The Balaban J connectivity index is 2.72. The Kier molecular flexibility index (Phi) is 6.22. The monoisotopic (exact) mass is 271 g/mol. The van der Waals surface area contributed by atoms with Crippen LogP contribution in [0.2, 0.25) is 0 Å². The summed E-state index contributed by atoms with van der Waals surface area (Å²) in [6.45, 7) is 3.09. The van der Waals surface area contributed by atoms with Gasteiger partial charge >= 0.3 is 0 Å². The molecule has 0 radical (unpaired) electrons. The topological polar surface area (TPSA) is 23.5 Å². The summed E-state index contributed by atoms with van der Waals surface area (Å²) in [5, 5.41) is 9.32. The molecule has 0 amide bonds. The quantitative estimate of drug-likeness (QED) is 0.819. The van der Waals surface area contributed by atoms with Gasteiger partial charge in [-0.25, -0.2) is 4.39 Å². The summed E-state index contributed by atoms with van der Waals surface area (Å²) in [5.41, 5.74) is 0.661. The van der Waals surface area contributed by atoms with Crippen LogP contribution < -0.4 is 0 Å². The lowest BCUT2D eigenvalue weighted by atomic mass is 9.92. The number of halogens is 2. The van der Waals surface area contributed by atoms with Crippen molar-refractivity contribution >= 4 is 0 Å². The van der Waals surface area contributed by atoms with Gasteiger partial charge in [0.25, 0.3) is 0 Å². The summed E-state index contributed by atoms with van der Waals surface area (Å²) >= 11 is 0. The van der Waals surface area contributed by atoms with Gasteiger partial charge in [-0.1, -0.05) is 19.8 Å². The van der Waals surface area contributed by atoms with E-state index < -0.39 is 17.4 Å². The average molecular weight is 271 g/mol. The van der Waals surface area contributed by atoms with Crippen molar-refractivity contribution in [2.75, 3.05) is 20.6 Å². The Bertz CT molecular complexity index is 384.